The minimum atomic E-state index is 0.580. The number of aromatic nitrogens is 4. The van der Waals surface area contributed by atoms with E-state index in [0.29, 0.717) is 6.54 Å². The molecular formula is C11H10N4O. The van der Waals surface area contributed by atoms with E-state index in [2.05, 4.69) is 21.3 Å². The van der Waals surface area contributed by atoms with Crippen molar-refractivity contribution in [1.82, 2.24) is 19.9 Å². The molecule has 0 aliphatic carbocycles. The summed E-state index contributed by atoms with van der Waals surface area (Å²) in [7, 11) is 0. The molecule has 0 fully saturated rings. The minimum absolute atomic E-state index is 0.580. The number of nitrogens with zero attached hydrogens (tertiary/aromatic N) is 4. The summed E-state index contributed by atoms with van der Waals surface area (Å²) in [6.07, 6.45) is 3.17. The van der Waals surface area contributed by atoms with Crippen LogP contribution in [0, 0.1) is 6.92 Å². The van der Waals surface area contributed by atoms with Gasteiger partial charge in [0.25, 0.3) is 0 Å². The van der Waals surface area contributed by atoms with Gasteiger partial charge in [-0.05, 0) is 19.1 Å². The van der Waals surface area contributed by atoms with Gasteiger partial charge in [-0.2, -0.15) is 5.10 Å². The van der Waals surface area contributed by atoms with Crippen molar-refractivity contribution < 1.29 is 4.52 Å². The first-order valence-corrected chi connectivity index (χ1v) is 5.00. The van der Waals surface area contributed by atoms with Gasteiger partial charge in [-0.1, -0.05) is 16.8 Å². The van der Waals surface area contributed by atoms with Gasteiger partial charge in [-0.25, -0.2) is 9.67 Å². The Balaban J connectivity index is 2.07. The summed E-state index contributed by atoms with van der Waals surface area (Å²) in [5, 5.41) is 9.13. The van der Waals surface area contributed by atoms with Crippen LogP contribution >= 0.6 is 0 Å². The maximum absolute atomic E-state index is 5.24. The number of rotatable bonds is 2. The zero-order chi connectivity index (χ0) is 11.0. The second-order valence-electron chi connectivity index (χ2n) is 3.72. The second kappa shape index (κ2) is 3.44. The van der Waals surface area contributed by atoms with Crippen molar-refractivity contribution in [3.8, 4) is 0 Å². The van der Waals surface area contributed by atoms with E-state index in [1.807, 2.05) is 19.1 Å². The predicted octanol–water partition coefficient (Wildman–Crippen LogP) is 1.78. The van der Waals surface area contributed by atoms with Crippen molar-refractivity contribution in [2.24, 2.45) is 0 Å². The van der Waals surface area contributed by atoms with Gasteiger partial charge in [0.05, 0.1) is 6.54 Å². The average Bonchev–Trinajstić information content (AvgIpc) is 2.90. The molecule has 0 atom stereocenters. The maximum atomic E-state index is 5.24. The Hall–Kier alpha value is -2.17. The standard InChI is InChI=1S/C11H10N4O/c1-8-2-3-11-9(4-8)10(14-16-11)5-15-7-12-6-13-15/h2-4,6-7H,5H2,1H3. The molecule has 0 amide bonds. The molecule has 0 bridgehead atoms. The summed E-state index contributed by atoms with van der Waals surface area (Å²) >= 11 is 0. The summed E-state index contributed by atoms with van der Waals surface area (Å²) in [4.78, 5) is 3.89. The topological polar surface area (TPSA) is 56.7 Å². The molecule has 0 spiro atoms. The van der Waals surface area contributed by atoms with Crippen LogP contribution in [0.15, 0.2) is 35.4 Å². The van der Waals surface area contributed by atoms with Crippen LogP contribution < -0.4 is 0 Å². The Bertz CT molecular complexity index is 612. The van der Waals surface area contributed by atoms with Gasteiger partial charge < -0.3 is 4.52 Å². The smallest absolute Gasteiger partial charge is 0.167 e. The third-order valence-corrected chi connectivity index (χ3v) is 2.48. The molecule has 16 heavy (non-hydrogen) atoms. The van der Waals surface area contributed by atoms with Gasteiger partial charge in [-0.15, -0.1) is 0 Å². The fourth-order valence-corrected chi connectivity index (χ4v) is 1.68. The zero-order valence-corrected chi connectivity index (χ0v) is 8.79. The summed E-state index contributed by atoms with van der Waals surface area (Å²) in [5.74, 6) is 0. The molecule has 5 nitrogen and oxygen atoms in total. The summed E-state index contributed by atoms with van der Waals surface area (Å²) < 4.78 is 6.96. The fourth-order valence-electron chi connectivity index (χ4n) is 1.68. The molecule has 0 aliphatic heterocycles. The lowest BCUT2D eigenvalue weighted by molar-refractivity contribution is 0.440. The first-order chi connectivity index (χ1) is 7.83. The van der Waals surface area contributed by atoms with Gasteiger partial charge in [0, 0.05) is 5.39 Å². The molecular weight excluding hydrogens is 204 g/mol. The molecule has 0 saturated carbocycles. The van der Waals surface area contributed by atoms with Crippen LogP contribution in [0.3, 0.4) is 0 Å². The van der Waals surface area contributed by atoms with Crippen molar-refractivity contribution >= 4 is 11.0 Å². The molecule has 0 unspecified atom stereocenters. The number of benzene rings is 1. The molecule has 5 heteroatoms. The molecule has 3 aromatic rings. The normalized spacial score (nSPS) is 11.1. The Labute approximate surface area is 91.7 Å². The zero-order valence-electron chi connectivity index (χ0n) is 8.79. The van der Waals surface area contributed by atoms with Crippen LogP contribution in [0.4, 0.5) is 0 Å². The third-order valence-electron chi connectivity index (χ3n) is 2.48. The van der Waals surface area contributed by atoms with Crippen LogP contribution in [0.2, 0.25) is 0 Å². The number of hydrogen-bond acceptors (Lipinski definition) is 4. The van der Waals surface area contributed by atoms with E-state index in [0.717, 1.165) is 16.7 Å². The van der Waals surface area contributed by atoms with Crippen molar-refractivity contribution in [2.45, 2.75) is 13.5 Å². The van der Waals surface area contributed by atoms with Gasteiger partial charge in [-0.3, -0.25) is 0 Å². The first kappa shape index (κ1) is 9.08. The van der Waals surface area contributed by atoms with Gasteiger partial charge in [0.1, 0.15) is 18.3 Å². The summed E-state index contributed by atoms with van der Waals surface area (Å²) in [6, 6.07) is 6.01. The lowest BCUT2D eigenvalue weighted by atomic mass is 10.1. The molecule has 0 saturated heterocycles. The Morgan fingerprint density at radius 2 is 2.31 bits per heavy atom. The Kier molecular flexibility index (Phi) is 1.96. The van der Waals surface area contributed by atoms with Crippen LogP contribution in [-0.4, -0.2) is 19.9 Å². The van der Waals surface area contributed by atoms with E-state index in [1.165, 1.54) is 11.9 Å². The predicted molar refractivity (Wildman–Crippen MR) is 57.9 cm³/mol. The summed E-state index contributed by atoms with van der Waals surface area (Å²) in [6.45, 7) is 2.63. The van der Waals surface area contributed by atoms with Gasteiger partial charge in [0.2, 0.25) is 0 Å². The van der Waals surface area contributed by atoms with Crippen molar-refractivity contribution in [1.29, 1.82) is 0 Å². The number of fused-ring (bicyclic) bond motifs is 1. The van der Waals surface area contributed by atoms with Gasteiger partial charge in [0.15, 0.2) is 5.58 Å². The third kappa shape index (κ3) is 1.46. The lowest BCUT2D eigenvalue weighted by Crippen LogP contribution is -2.00. The quantitative estimate of drug-likeness (QED) is 0.652. The molecule has 80 valence electrons. The highest BCUT2D eigenvalue weighted by Crippen LogP contribution is 2.20. The molecule has 0 radical (unpaired) electrons. The van der Waals surface area contributed by atoms with Crippen LogP contribution in [0.1, 0.15) is 11.3 Å². The highest BCUT2D eigenvalue weighted by Gasteiger charge is 2.08. The SMILES string of the molecule is Cc1ccc2onc(Cn3cncn3)c2c1. The van der Waals surface area contributed by atoms with Crippen molar-refractivity contribution in [2.75, 3.05) is 0 Å². The van der Waals surface area contributed by atoms with E-state index >= 15 is 0 Å². The number of aryl methyl sites for hydroxylation is 1. The Morgan fingerprint density at radius 3 is 3.12 bits per heavy atom. The highest BCUT2D eigenvalue weighted by atomic mass is 16.5. The van der Waals surface area contributed by atoms with Crippen molar-refractivity contribution in [3.63, 3.8) is 0 Å². The van der Waals surface area contributed by atoms with E-state index < -0.39 is 0 Å². The monoisotopic (exact) mass is 214 g/mol. The first-order valence-electron chi connectivity index (χ1n) is 5.00. The fraction of sp³-hybridized carbons (Fsp3) is 0.182. The van der Waals surface area contributed by atoms with Crippen molar-refractivity contribution in [3.05, 3.63) is 42.1 Å². The van der Waals surface area contributed by atoms with Crippen LogP contribution in [0.25, 0.3) is 11.0 Å². The molecule has 0 aliphatic rings. The molecule has 2 heterocycles. The average molecular weight is 214 g/mol. The highest BCUT2D eigenvalue weighted by molar-refractivity contribution is 5.80. The van der Waals surface area contributed by atoms with E-state index in [9.17, 15) is 0 Å². The van der Waals surface area contributed by atoms with Gasteiger partial charge >= 0.3 is 0 Å². The molecule has 1 aromatic carbocycles. The Morgan fingerprint density at radius 1 is 1.38 bits per heavy atom. The van der Waals surface area contributed by atoms with E-state index in [-0.39, 0.29) is 0 Å². The maximum Gasteiger partial charge on any atom is 0.167 e. The summed E-state index contributed by atoms with van der Waals surface area (Å²) in [5.41, 5.74) is 2.88. The van der Waals surface area contributed by atoms with E-state index in [4.69, 9.17) is 4.52 Å². The van der Waals surface area contributed by atoms with E-state index in [1.54, 1.807) is 11.0 Å². The second-order valence-corrected chi connectivity index (χ2v) is 3.72. The van der Waals surface area contributed by atoms with Crippen LogP contribution in [-0.2, 0) is 6.54 Å². The van der Waals surface area contributed by atoms with Crippen LogP contribution in [0.5, 0.6) is 0 Å². The largest absolute Gasteiger partial charge is 0.356 e. The molecule has 3 rings (SSSR count). The number of hydrogen-bond donors (Lipinski definition) is 0. The minimum Gasteiger partial charge on any atom is -0.356 e. The molecule has 0 N–H and O–H groups in total. The lowest BCUT2D eigenvalue weighted by Gasteiger charge is -1.96. The molecule has 2 aromatic heterocycles.